The average Bonchev–Trinajstić information content (AvgIpc) is 2.43. The fourth-order valence-electron chi connectivity index (χ4n) is 3.24. The minimum Gasteiger partial charge on any atom is -0.330 e. The number of hydrogen-bond donors (Lipinski definition) is 1. The molecule has 1 aromatic rings. The lowest BCUT2D eigenvalue weighted by Gasteiger charge is -2.38. The first-order valence-electron chi connectivity index (χ1n) is 7.44. The quantitative estimate of drug-likeness (QED) is 0.878. The van der Waals surface area contributed by atoms with E-state index in [-0.39, 0.29) is 12.4 Å². The van der Waals surface area contributed by atoms with E-state index in [2.05, 4.69) is 24.0 Å². The fourth-order valence-corrected chi connectivity index (χ4v) is 3.37. The van der Waals surface area contributed by atoms with Crippen molar-refractivity contribution in [3.63, 3.8) is 0 Å². The van der Waals surface area contributed by atoms with Crippen molar-refractivity contribution in [1.29, 1.82) is 0 Å². The maximum Gasteiger partial charge on any atom is 0.0406 e. The molecule has 2 N–H and O–H groups in total. The number of halogens is 2. The lowest BCUT2D eigenvalue weighted by molar-refractivity contribution is 0.117. The summed E-state index contributed by atoms with van der Waals surface area (Å²) in [6.07, 6.45) is 4.95. The molecule has 2 nitrogen and oxygen atoms in total. The summed E-state index contributed by atoms with van der Waals surface area (Å²) in [5, 5.41) is 0.818. The number of nitrogens with two attached hydrogens (primary N) is 1. The fraction of sp³-hybridized carbons (Fsp3) is 0.625. The van der Waals surface area contributed by atoms with E-state index in [4.69, 9.17) is 17.3 Å². The van der Waals surface area contributed by atoms with Crippen LogP contribution >= 0.6 is 24.0 Å². The van der Waals surface area contributed by atoms with E-state index >= 15 is 0 Å². The van der Waals surface area contributed by atoms with Crippen LogP contribution in [-0.4, -0.2) is 24.5 Å². The van der Waals surface area contributed by atoms with Gasteiger partial charge >= 0.3 is 0 Å². The summed E-state index contributed by atoms with van der Waals surface area (Å²) in [6, 6.07) is 8.87. The molecule has 1 fully saturated rings. The molecular weight excluding hydrogens is 291 g/mol. The van der Waals surface area contributed by atoms with Crippen LogP contribution in [0.25, 0.3) is 0 Å². The van der Waals surface area contributed by atoms with Gasteiger partial charge in [0.2, 0.25) is 0 Å². The molecule has 0 spiro atoms. The Hall–Kier alpha value is -0.280. The Balaban J connectivity index is 0.00000200. The van der Waals surface area contributed by atoms with Gasteiger partial charge < -0.3 is 5.73 Å². The van der Waals surface area contributed by atoms with E-state index in [0.29, 0.717) is 6.04 Å². The lowest BCUT2D eigenvalue weighted by Crippen LogP contribution is -2.38. The molecule has 0 radical (unpaired) electrons. The molecule has 0 aliphatic carbocycles. The number of nitrogens with zero attached hydrogens (tertiary/aromatic N) is 1. The minimum absolute atomic E-state index is 0. The maximum atomic E-state index is 5.98. The van der Waals surface area contributed by atoms with Crippen molar-refractivity contribution in [1.82, 2.24) is 4.90 Å². The molecular formula is C16H26Cl2N2. The smallest absolute Gasteiger partial charge is 0.0406 e. The third-order valence-electron chi connectivity index (χ3n) is 4.21. The molecule has 1 aromatic carbocycles. The number of benzene rings is 1. The summed E-state index contributed by atoms with van der Waals surface area (Å²) in [6.45, 7) is 5.49. The monoisotopic (exact) mass is 316 g/mol. The summed E-state index contributed by atoms with van der Waals surface area (Å²) in [7, 11) is 0. The number of hydrogen-bond acceptors (Lipinski definition) is 2. The van der Waals surface area contributed by atoms with Crippen LogP contribution < -0.4 is 5.73 Å². The van der Waals surface area contributed by atoms with E-state index in [1.54, 1.807) is 0 Å². The third-order valence-corrected chi connectivity index (χ3v) is 4.46. The molecule has 0 amide bonds. The number of likely N-dealkylation sites (tertiary alicyclic amines) is 1. The van der Waals surface area contributed by atoms with E-state index in [0.717, 1.165) is 30.3 Å². The number of rotatable bonds is 5. The van der Waals surface area contributed by atoms with E-state index < -0.39 is 0 Å². The molecule has 0 bridgehead atoms. The van der Waals surface area contributed by atoms with Gasteiger partial charge in [-0.25, -0.2) is 0 Å². The van der Waals surface area contributed by atoms with Crippen LogP contribution in [-0.2, 0) is 0 Å². The summed E-state index contributed by atoms with van der Waals surface area (Å²) in [5.41, 5.74) is 7.10. The minimum atomic E-state index is 0. The van der Waals surface area contributed by atoms with Gasteiger partial charge in [0.25, 0.3) is 0 Å². The molecule has 20 heavy (non-hydrogen) atoms. The zero-order valence-electron chi connectivity index (χ0n) is 12.2. The first kappa shape index (κ1) is 17.8. The Kier molecular flexibility index (Phi) is 7.90. The van der Waals surface area contributed by atoms with Crippen LogP contribution in [0.1, 0.15) is 44.2 Å². The normalized spacial score (nSPS) is 21.2. The van der Waals surface area contributed by atoms with Crippen molar-refractivity contribution in [3.8, 4) is 0 Å². The Morgan fingerprint density at radius 3 is 2.65 bits per heavy atom. The van der Waals surface area contributed by atoms with E-state index in [1.165, 1.54) is 31.5 Å². The standard InChI is InChI=1S/C16H25ClN2.ClH/c1-2-16(14-5-7-15(17)8-6-14)19-11-3-4-13(12-19)9-10-18;/h5-8,13,16H,2-4,9-12,18H2,1H3;1H. The molecule has 1 saturated heterocycles. The summed E-state index contributed by atoms with van der Waals surface area (Å²) in [4.78, 5) is 2.63. The van der Waals surface area contributed by atoms with Crippen molar-refractivity contribution in [2.75, 3.05) is 19.6 Å². The second kappa shape index (κ2) is 8.89. The predicted octanol–water partition coefficient (Wildman–Crippen LogP) is 4.27. The van der Waals surface area contributed by atoms with E-state index in [9.17, 15) is 0 Å². The van der Waals surface area contributed by atoms with Gasteiger partial charge in [-0.05, 0) is 62.4 Å². The van der Waals surface area contributed by atoms with Crippen LogP contribution in [0.3, 0.4) is 0 Å². The first-order chi connectivity index (χ1) is 9.24. The first-order valence-corrected chi connectivity index (χ1v) is 7.82. The zero-order valence-corrected chi connectivity index (χ0v) is 13.8. The lowest BCUT2D eigenvalue weighted by atomic mass is 9.92. The predicted molar refractivity (Wildman–Crippen MR) is 89.7 cm³/mol. The van der Waals surface area contributed by atoms with Gasteiger partial charge in [0.1, 0.15) is 0 Å². The molecule has 114 valence electrons. The van der Waals surface area contributed by atoms with Gasteiger partial charge in [-0.2, -0.15) is 0 Å². The van der Waals surface area contributed by atoms with E-state index in [1.807, 2.05) is 12.1 Å². The van der Waals surface area contributed by atoms with Crippen LogP contribution in [0.5, 0.6) is 0 Å². The SMILES string of the molecule is CCC(c1ccc(Cl)cc1)N1CCCC(CCN)C1.Cl. The van der Waals surface area contributed by atoms with Gasteiger partial charge in [0, 0.05) is 17.6 Å². The largest absolute Gasteiger partial charge is 0.330 e. The molecule has 1 aliphatic heterocycles. The van der Waals surface area contributed by atoms with Crippen molar-refractivity contribution >= 4 is 24.0 Å². The van der Waals surface area contributed by atoms with Crippen LogP contribution in [0.2, 0.25) is 5.02 Å². The molecule has 1 aliphatic rings. The Bertz CT molecular complexity index is 379. The highest BCUT2D eigenvalue weighted by molar-refractivity contribution is 6.30. The van der Waals surface area contributed by atoms with Crippen molar-refractivity contribution in [3.05, 3.63) is 34.9 Å². The van der Waals surface area contributed by atoms with Crippen LogP contribution in [0.15, 0.2) is 24.3 Å². The van der Waals surface area contributed by atoms with Crippen molar-refractivity contribution < 1.29 is 0 Å². The van der Waals surface area contributed by atoms with Gasteiger partial charge in [0.05, 0.1) is 0 Å². The molecule has 2 atom stereocenters. The highest BCUT2D eigenvalue weighted by Crippen LogP contribution is 2.30. The highest BCUT2D eigenvalue weighted by Gasteiger charge is 2.25. The zero-order chi connectivity index (χ0) is 13.7. The second-order valence-electron chi connectivity index (χ2n) is 5.56. The molecule has 2 unspecified atom stereocenters. The average molecular weight is 317 g/mol. The third kappa shape index (κ3) is 4.63. The maximum absolute atomic E-state index is 5.98. The summed E-state index contributed by atoms with van der Waals surface area (Å²) in [5.74, 6) is 0.778. The highest BCUT2D eigenvalue weighted by atomic mass is 35.5. The molecule has 4 heteroatoms. The molecule has 2 rings (SSSR count). The van der Waals surface area contributed by atoms with Gasteiger partial charge in [0.15, 0.2) is 0 Å². The van der Waals surface area contributed by atoms with Crippen LogP contribution in [0.4, 0.5) is 0 Å². The molecule has 0 aromatic heterocycles. The van der Waals surface area contributed by atoms with Crippen LogP contribution in [0, 0.1) is 5.92 Å². The van der Waals surface area contributed by atoms with Crippen molar-refractivity contribution in [2.24, 2.45) is 11.7 Å². The Morgan fingerprint density at radius 2 is 2.05 bits per heavy atom. The van der Waals surface area contributed by atoms with Gasteiger partial charge in [-0.1, -0.05) is 30.7 Å². The summed E-state index contributed by atoms with van der Waals surface area (Å²) >= 11 is 5.98. The van der Waals surface area contributed by atoms with Gasteiger partial charge in [-0.15, -0.1) is 12.4 Å². The van der Waals surface area contributed by atoms with Gasteiger partial charge in [-0.3, -0.25) is 4.90 Å². The molecule has 1 heterocycles. The Labute approximate surface area is 134 Å². The Morgan fingerprint density at radius 1 is 1.35 bits per heavy atom. The second-order valence-corrected chi connectivity index (χ2v) is 5.99. The molecule has 0 saturated carbocycles. The number of piperidine rings is 1. The van der Waals surface area contributed by atoms with Crippen molar-refractivity contribution in [2.45, 2.75) is 38.6 Å². The topological polar surface area (TPSA) is 29.3 Å². The summed E-state index contributed by atoms with van der Waals surface area (Å²) < 4.78 is 0.